The maximum Gasteiger partial charge on any atom is 0.273 e. The number of aromatic nitrogens is 2. The average Bonchev–Trinajstić information content (AvgIpc) is 2.38. The molecule has 0 unspecified atom stereocenters. The Bertz CT molecular complexity index is 619. The van der Waals surface area contributed by atoms with Crippen LogP contribution in [0.3, 0.4) is 0 Å². The van der Waals surface area contributed by atoms with Gasteiger partial charge in [-0.15, -0.1) is 0 Å². The van der Waals surface area contributed by atoms with Crippen molar-refractivity contribution in [1.29, 1.82) is 0 Å². The number of halogens is 1. The molecule has 2 rings (SSSR count). The predicted molar refractivity (Wildman–Crippen MR) is 69.6 cm³/mol. The second-order valence-electron chi connectivity index (χ2n) is 3.66. The van der Waals surface area contributed by atoms with Crippen molar-refractivity contribution in [2.45, 2.75) is 13.3 Å². The van der Waals surface area contributed by atoms with Crippen LogP contribution in [-0.2, 0) is 6.42 Å². The first kappa shape index (κ1) is 13.2. The third-order valence-corrected chi connectivity index (χ3v) is 2.48. The summed E-state index contributed by atoms with van der Waals surface area (Å²) in [5.74, 6) is 1.14. The van der Waals surface area contributed by atoms with Crippen molar-refractivity contribution in [3.05, 3.63) is 51.4 Å². The standard InChI is InChI=1S/C12H10ClN3O3/c1-2-11-14-10(13)7-12(15-11)19-9-5-3-4-8(6-9)16(17)18/h3-7H,2H2,1H3. The summed E-state index contributed by atoms with van der Waals surface area (Å²) in [7, 11) is 0. The molecule has 0 saturated heterocycles. The highest BCUT2D eigenvalue weighted by Crippen LogP contribution is 2.25. The van der Waals surface area contributed by atoms with Crippen LogP contribution in [-0.4, -0.2) is 14.9 Å². The van der Waals surface area contributed by atoms with Crippen LogP contribution in [0.1, 0.15) is 12.7 Å². The number of rotatable bonds is 4. The minimum Gasteiger partial charge on any atom is -0.439 e. The van der Waals surface area contributed by atoms with Gasteiger partial charge in [0, 0.05) is 18.6 Å². The molecule has 1 heterocycles. The fourth-order valence-corrected chi connectivity index (χ4v) is 1.62. The van der Waals surface area contributed by atoms with Crippen molar-refractivity contribution in [3.63, 3.8) is 0 Å². The molecule has 0 fully saturated rings. The first-order valence-electron chi connectivity index (χ1n) is 5.54. The lowest BCUT2D eigenvalue weighted by Gasteiger charge is -2.06. The number of nitro groups is 1. The molecule has 0 radical (unpaired) electrons. The summed E-state index contributed by atoms with van der Waals surface area (Å²) in [5, 5.41) is 10.9. The van der Waals surface area contributed by atoms with Crippen molar-refractivity contribution < 1.29 is 9.66 Å². The van der Waals surface area contributed by atoms with E-state index in [1.165, 1.54) is 24.3 Å². The van der Waals surface area contributed by atoms with Crippen LogP contribution in [0.2, 0.25) is 5.15 Å². The zero-order chi connectivity index (χ0) is 13.8. The van der Waals surface area contributed by atoms with Gasteiger partial charge in [0.15, 0.2) is 0 Å². The van der Waals surface area contributed by atoms with Gasteiger partial charge in [-0.3, -0.25) is 10.1 Å². The highest BCUT2D eigenvalue weighted by atomic mass is 35.5. The topological polar surface area (TPSA) is 78.2 Å². The smallest absolute Gasteiger partial charge is 0.273 e. The molecule has 0 spiro atoms. The molecule has 0 aliphatic heterocycles. The van der Waals surface area contributed by atoms with E-state index in [0.717, 1.165) is 0 Å². The van der Waals surface area contributed by atoms with E-state index in [2.05, 4.69) is 9.97 Å². The molecular weight excluding hydrogens is 270 g/mol. The monoisotopic (exact) mass is 279 g/mol. The van der Waals surface area contributed by atoms with Gasteiger partial charge >= 0.3 is 0 Å². The number of benzene rings is 1. The lowest BCUT2D eigenvalue weighted by molar-refractivity contribution is -0.384. The molecule has 0 bridgehead atoms. The van der Waals surface area contributed by atoms with E-state index < -0.39 is 4.92 Å². The van der Waals surface area contributed by atoms with E-state index in [-0.39, 0.29) is 16.7 Å². The zero-order valence-electron chi connectivity index (χ0n) is 10.0. The van der Waals surface area contributed by atoms with Gasteiger partial charge in [-0.05, 0) is 6.07 Å². The Morgan fingerprint density at radius 2 is 2.16 bits per heavy atom. The van der Waals surface area contributed by atoms with E-state index in [9.17, 15) is 10.1 Å². The molecule has 19 heavy (non-hydrogen) atoms. The third-order valence-electron chi connectivity index (χ3n) is 2.28. The molecule has 1 aromatic heterocycles. The Kier molecular flexibility index (Phi) is 3.91. The number of nitro benzene ring substituents is 1. The maximum atomic E-state index is 10.7. The van der Waals surface area contributed by atoms with E-state index in [1.807, 2.05) is 6.92 Å². The molecule has 0 atom stereocenters. The third kappa shape index (κ3) is 3.38. The van der Waals surface area contributed by atoms with E-state index in [0.29, 0.717) is 18.0 Å². The molecule has 0 aliphatic carbocycles. The van der Waals surface area contributed by atoms with Crippen LogP contribution in [0.25, 0.3) is 0 Å². The summed E-state index contributed by atoms with van der Waals surface area (Å²) in [6.07, 6.45) is 0.617. The number of aryl methyl sites for hydroxylation is 1. The highest BCUT2D eigenvalue weighted by Gasteiger charge is 2.09. The molecular formula is C12H10ClN3O3. The second-order valence-corrected chi connectivity index (χ2v) is 4.04. The molecule has 0 N–H and O–H groups in total. The van der Waals surface area contributed by atoms with Crippen molar-refractivity contribution in [2.75, 3.05) is 0 Å². The van der Waals surface area contributed by atoms with Crippen molar-refractivity contribution >= 4 is 17.3 Å². The van der Waals surface area contributed by atoms with Gasteiger partial charge in [0.05, 0.1) is 11.0 Å². The van der Waals surface area contributed by atoms with E-state index >= 15 is 0 Å². The number of non-ortho nitro benzene ring substituents is 1. The highest BCUT2D eigenvalue weighted by molar-refractivity contribution is 6.29. The summed E-state index contributed by atoms with van der Waals surface area (Å²) in [5.41, 5.74) is -0.0478. The maximum absolute atomic E-state index is 10.7. The number of nitrogens with zero attached hydrogens (tertiary/aromatic N) is 3. The van der Waals surface area contributed by atoms with Gasteiger partial charge in [-0.1, -0.05) is 24.6 Å². The summed E-state index contributed by atoms with van der Waals surface area (Å²) in [4.78, 5) is 18.3. The van der Waals surface area contributed by atoms with Crippen LogP contribution < -0.4 is 4.74 Å². The van der Waals surface area contributed by atoms with Gasteiger partial charge < -0.3 is 4.74 Å². The van der Waals surface area contributed by atoms with Gasteiger partial charge in [-0.25, -0.2) is 4.98 Å². The Morgan fingerprint density at radius 3 is 2.84 bits per heavy atom. The molecule has 0 saturated carbocycles. The lowest BCUT2D eigenvalue weighted by atomic mass is 10.3. The van der Waals surface area contributed by atoms with Gasteiger partial charge in [-0.2, -0.15) is 4.98 Å². The Labute approximate surface area is 114 Å². The largest absolute Gasteiger partial charge is 0.439 e. The number of hydrogen-bond donors (Lipinski definition) is 0. The van der Waals surface area contributed by atoms with E-state index in [4.69, 9.17) is 16.3 Å². The quantitative estimate of drug-likeness (QED) is 0.487. The lowest BCUT2D eigenvalue weighted by Crippen LogP contribution is -1.96. The molecule has 98 valence electrons. The summed E-state index contributed by atoms with van der Waals surface area (Å²) in [6.45, 7) is 1.89. The van der Waals surface area contributed by atoms with Crippen LogP contribution in [0, 0.1) is 10.1 Å². The molecule has 0 aliphatic rings. The van der Waals surface area contributed by atoms with Gasteiger partial charge in [0.25, 0.3) is 5.69 Å². The zero-order valence-corrected chi connectivity index (χ0v) is 10.8. The molecule has 2 aromatic rings. The second kappa shape index (κ2) is 5.62. The summed E-state index contributed by atoms with van der Waals surface area (Å²) >= 11 is 5.84. The summed E-state index contributed by atoms with van der Waals surface area (Å²) < 4.78 is 5.45. The first-order valence-corrected chi connectivity index (χ1v) is 5.92. The minimum absolute atomic E-state index is 0.0478. The molecule has 1 aromatic carbocycles. The first-order chi connectivity index (χ1) is 9.08. The SMILES string of the molecule is CCc1nc(Cl)cc(Oc2cccc([N+](=O)[O-])c2)n1. The molecule has 7 heteroatoms. The molecule has 6 nitrogen and oxygen atoms in total. The average molecular weight is 280 g/mol. The Balaban J connectivity index is 2.28. The van der Waals surface area contributed by atoms with Crippen molar-refractivity contribution in [3.8, 4) is 11.6 Å². The Morgan fingerprint density at radius 1 is 1.37 bits per heavy atom. The fraction of sp³-hybridized carbons (Fsp3) is 0.167. The number of ether oxygens (including phenoxy) is 1. The van der Waals surface area contributed by atoms with Gasteiger partial charge in [0.2, 0.25) is 5.88 Å². The number of hydrogen-bond acceptors (Lipinski definition) is 5. The summed E-state index contributed by atoms with van der Waals surface area (Å²) in [6, 6.07) is 7.31. The van der Waals surface area contributed by atoms with Gasteiger partial charge in [0.1, 0.15) is 16.7 Å². The van der Waals surface area contributed by atoms with E-state index in [1.54, 1.807) is 6.07 Å². The predicted octanol–water partition coefficient (Wildman–Crippen LogP) is 3.39. The van der Waals surface area contributed by atoms with Crippen LogP contribution in [0.15, 0.2) is 30.3 Å². The minimum atomic E-state index is -0.489. The van der Waals surface area contributed by atoms with Crippen LogP contribution in [0.4, 0.5) is 5.69 Å². The Hall–Kier alpha value is -2.21. The van der Waals surface area contributed by atoms with Crippen molar-refractivity contribution in [1.82, 2.24) is 9.97 Å². The fourth-order valence-electron chi connectivity index (χ4n) is 1.43. The molecule has 0 amide bonds. The normalized spacial score (nSPS) is 10.2. The van der Waals surface area contributed by atoms with Crippen LogP contribution >= 0.6 is 11.6 Å². The van der Waals surface area contributed by atoms with Crippen LogP contribution in [0.5, 0.6) is 11.6 Å². The van der Waals surface area contributed by atoms with Crippen molar-refractivity contribution in [2.24, 2.45) is 0 Å².